The minimum Gasteiger partial charge on any atom is -0.497 e. The predicted molar refractivity (Wildman–Crippen MR) is 99.2 cm³/mol. The Hall–Kier alpha value is -2.73. The van der Waals surface area contributed by atoms with Gasteiger partial charge in [-0.3, -0.25) is 4.79 Å². The Morgan fingerprint density at radius 3 is 2.08 bits per heavy atom. The largest absolute Gasteiger partial charge is 0.497 e. The zero-order valence-corrected chi connectivity index (χ0v) is 15.5. The van der Waals surface area contributed by atoms with Crippen LogP contribution in [0.1, 0.15) is 22.8 Å². The van der Waals surface area contributed by atoms with Crippen molar-refractivity contribution in [1.29, 1.82) is 0 Å². The van der Waals surface area contributed by atoms with Crippen LogP contribution >= 0.6 is 0 Å². The van der Waals surface area contributed by atoms with Gasteiger partial charge in [0.2, 0.25) is 0 Å². The molecule has 26 heavy (non-hydrogen) atoms. The molecular weight excluding hydrogens is 334 g/mol. The zero-order chi connectivity index (χ0) is 19.2. The number of nitrogens with one attached hydrogen (secondary N) is 1. The van der Waals surface area contributed by atoms with Crippen molar-refractivity contribution in [3.05, 3.63) is 53.6 Å². The number of methoxy groups -OCH3 is 3. The van der Waals surface area contributed by atoms with E-state index in [1.54, 1.807) is 32.2 Å². The molecule has 0 aliphatic carbocycles. The van der Waals surface area contributed by atoms with Crippen LogP contribution in [-0.2, 0) is 6.42 Å². The van der Waals surface area contributed by atoms with Gasteiger partial charge in [0.05, 0.1) is 26.9 Å². The lowest BCUT2D eigenvalue weighted by atomic mass is 9.96. The second-order valence-electron chi connectivity index (χ2n) is 6.24. The monoisotopic (exact) mass is 359 g/mol. The number of ether oxygens (including phenoxy) is 3. The van der Waals surface area contributed by atoms with Gasteiger partial charge in [0.15, 0.2) is 0 Å². The van der Waals surface area contributed by atoms with E-state index < -0.39 is 5.60 Å². The van der Waals surface area contributed by atoms with Gasteiger partial charge in [-0.25, -0.2) is 0 Å². The molecule has 0 aliphatic heterocycles. The van der Waals surface area contributed by atoms with Gasteiger partial charge in [0, 0.05) is 13.0 Å². The third-order valence-electron chi connectivity index (χ3n) is 4.03. The Bertz CT molecular complexity index is 718. The molecule has 6 nitrogen and oxygen atoms in total. The van der Waals surface area contributed by atoms with Gasteiger partial charge in [-0.05, 0) is 36.8 Å². The van der Waals surface area contributed by atoms with Gasteiger partial charge in [0.1, 0.15) is 22.8 Å². The lowest BCUT2D eigenvalue weighted by Crippen LogP contribution is -2.42. The molecule has 140 valence electrons. The molecule has 0 fully saturated rings. The van der Waals surface area contributed by atoms with Crippen LogP contribution in [0.15, 0.2) is 42.5 Å². The van der Waals surface area contributed by atoms with Crippen molar-refractivity contribution in [3.8, 4) is 17.2 Å². The topological polar surface area (TPSA) is 77.0 Å². The van der Waals surface area contributed by atoms with E-state index in [-0.39, 0.29) is 12.5 Å². The Morgan fingerprint density at radius 2 is 1.58 bits per heavy atom. The fourth-order valence-electron chi connectivity index (χ4n) is 2.68. The summed E-state index contributed by atoms with van der Waals surface area (Å²) < 4.78 is 15.6. The Morgan fingerprint density at radius 1 is 1.00 bits per heavy atom. The molecule has 2 rings (SSSR count). The molecule has 0 saturated heterocycles. The number of amides is 1. The minimum absolute atomic E-state index is 0.0824. The van der Waals surface area contributed by atoms with Crippen LogP contribution in [0.3, 0.4) is 0 Å². The van der Waals surface area contributed by atoms with Crippen molar-refractivity contribution in [2.75, 3.05) is 27.9 Å². The number of rotatable bonds is 8. The van der Waals surface area contributed by atoms with Crippen molar-refractivity contribution < 1.29 is 24.1 Å². The molecule has 1 unspecified atom stereocenters. The van der Waals surface area contributed by atoms with E-state index >= 15 is 0 Å². The lowest BCUT2D eigenvalue weighted by molar-refractivity contribution is 0.0551. The third-order valence-corrected chi connectivity index (χ3v) is 4.03. The molecule has 0 saturated carbocycles. The summed E-state index contributed by atoms with van der Waals surface area (Å²) in [7, 11) is 4.59. The van der Waals surface area contributed by atoms with Crippen molar-refractivity contribution in [2.45, 2.75) is 18.9 Å². The first kappa shape index (κ1) is 19.6. The van der Waals surface area contributed by atoms with Gasteiger partial charge in [-0.1, -0.05) is 18.2 Å². The number of benzene rings is 2. The lowest BCUT2D eigenvalue weighted by Gasteiger charge is -2.24. The van der Waals surface area contributed by atoms with Gasteiger partial charge >= 0.3 is 0 Å². The highest BCUT2D eigenvalue weighted by Crippen LogP contribution is 2.28. The van der Waals surface area contributed by atoms with Crippen LogP contribution in [-0.4, -0.2) is 44.5 Å². The highest BCUT2D eigenvalue weighted by atomic mass is 16.5. The van der Waals surface area contributed by atoms with Crippen LogP contribution < -0.4 is 19.5 Å². The summed E-state index contributed by atoms with van der Waals surface area (Å²) in [4.78, 5) is 12.6. The second kappa shape index (κ2) is 8.58. The van der Waals surface area contributed by atoms with Crippen molar-refractivity contribution in [1.82, 2.24) is 5.32 Å². The third kappa shape index (κ3) is 4.89. The maximum absolute atomic E-state index is 12.6. The fourth-order valence-corrected chi connectivity index (χ4v) is 2.68. The number of hydrogen-bond acceptors (Lipinski definition) is 5. The quantitative estimate of drug-likeness (QED) is 0.757. The van der Waals surface area contributed by atoms with E-state index in [4.69, 9.17) is 14.2 Å². The predicted octanol–water partition coefficient (Wildman–Crippen LogP) is 2.44. The molecule has 0 spiro atoms. The summed E-state index contributed by atoms with van der Waals surface area (Å²) >= 11 is 0. The van der Waals surface area contributed by atoms with Crippen LogP contribution in [0.2, 0.25) is 0 Å². The maximum Gasteiger partial charge on any atom is 0.258 e. The summed E-state index contributed by atoms with van der Waals surface area (Å²) in [5.74, 6) is 1.22. The molecule has 0 heterocycles. The zero-order valence-electron chi connectivity index (χ0n) is 15.5. The number of carbonyl (C=O) groups excluding carboxylic acids is 1. The normalized spacial score (nSPS) is 12.8. The molecule has 0 aromatic heterocycles. The SMILES string of the molecule is COc1ccc(CC(C)(O)CNC(=O)c2c(OC)cccc2OC)cc1. The standard InChI is InChI=1S/C20H25NO5/c1-20(23,12-14-8-10-15(24-2)11-9-14)13-21-19(22)18-16(25-3)6-5-7-17(18)26-4/h5-11,23H,12-13H2,1-4H3,(H,21,22). The molecular formula is C20H25NO5. The van der Waals surface area contributed by atoms with Gasteiger partial charge in [-0.2, -0.15) is 0 Å². The number of carbonyl (C=O) groups is 1. The van der Waals surface area contributed by atoms with Gasteiger partial charge in [0.25, 0.3) is 5.91 Å². The first-order valence-corrected chi connectivity index (χ1v) is 8.24. The Balaban J connectivity index is 2.05. The summed E-state index contributed by atoms with van der Waals surface area (Å²) in [6, 6.07) is 12.6. The average molecular weight is 359 g/mol. The van der Waals surface area contributed by atoms with Gasteiger partial charge < -0.3 is 24.6 Å². The molecule has 2 aromatic rings. The first-order valence-electron chi connectivity index (χ1n) is 8.24. The number of hydrogen-bond donors (Lipinski definition) is 2. The van der Waals surface area contributed by atoms with E-state index in [9.17, 15) is 9.90 Å². The molecule has 6 heteroatoms. The smallest absolute Gasteiger partial charge is 0.258 e. The average Bonchev–Trinajstić information content (AvgIpc) is 2.65. The van der Waals surface area contributed by atoms with Crippen LogP contribution in [0, 0.1) is 0 Å². The molecule has 0 bridgehead atoms. The first-order chi connectivity index (χ1) is 12.4. The molecule has 0 radical (unpaired) electrons. The summed E-state index contributed by atoms with van der Waals surface area (Å²) in [5, 5.41) is 13.4. The molecule has 1 atom stereocenters. The van der Waals surface area contributed by atoms with Crippen molar-refractivity contribution >= 4 is 5.91 Å². The minimum atomic E-state index is -1.11. The highest BCUT2D eigenvalue weighted by molar-refractivity contribution is 5.99. The number of aliphatic hydroxyl groups is 1. The van der Waals surface area contributed by atoms with Gasteiger partial charge in [-0.15, -0.1) is 0 Å². The van der Waals surface area contributed by atoms with Crippen LogP contribution in [0.5, 0.6) is 17.2 Å². The summed E-state index contributed by atoms with van der Waals surface area (Å²) in [6.45, 7) is 1.76. The molecule has 1 amide bonds. The molecule has 2 N–H and O–H groups in total. The van der Waals surface area contributed by atoms with Crippen molar-refractivity contribution in [2.24, 2.45) is 0 Å². The summed E-state index contributed by atoms with van der Waals surface area (Å²) in [6.07, 6.45) is 0.389. The van der Waals surface area contributed by atoms with E-state index in [0.29, 0.717) is 23.5 Å². The Labute approximate surface area is 153 Å². The van der Waals surface area contributed by atoms with E-state index in [2.05, 4.69) is 5.32 Å². The fraction of sp³-hybridized carbons (Fsp3) is 0.350. The van der Waals surface area contributed by atoms with E-state index in [0.717, 1.165) is 11.3 Å². The second-order valence-corrected chi connectivity index (χ2v) is 6.24. The van der Waals surface area contributed by atoms with Crippen molar-refractivity contribution in [3.63, 3.8) is 0 Å². The summed E-state index contributed by atoms with van der Waals surface area (Å²) in [5.41, 5.74) is 0.136. The van der Waals surface area contributed by atoms with Crippen LogP contribution in [0.25, 0.3) is 0 Å². The van der Waals surface area contributed by atoms with E-state index in [1.165, 1.54) is 14.2 Å². The Kier molecular flexibility index (Phi) is 6.46. The molecule has 0 aliphatic rings. The molecule has 2 aromatic carbocycles. The van der Waals surface area contributed by atoms with E-state index in [1.807, 2.05) is 24.3 Å². The van der Waals surface area contributed by atoms with Crippen LogP contribution in [0.4, 0.5) is 0 Å². The highest BCUT2D eigenvalue weighted by Gasteiger charge is 2.24. The maximum atomic E-state index is 12.6.